The van der Waals surface area contributed by atoms with Gasteiger partial charge < -0.3 is 14.6 Å². The molecular weight excluding hydrogens is 324 g/mol. The summed E-state index contributed by atoms with van der Waals surface area (Å²) in [5, 5.41) is 11.8. The molecule has 0 saturated carbocycles. The van der Waals surface area contributed by atoms with Crippen LogP contribution >= 0.6 is 11.3 Å². The van der Waals surface area contributed by atoms with Crippen molar-refractivity contribution >= 4 is 17.1 Å². The molecule has 0 aliphatic carbocycles. The average molecular weight is 340 g/mol. The first-order chi connectivity index (χ1) is 11.6. The number of benzene rings is 2. The number of phenolic OH excluding ortho intramolecular Hbond substituents is 1. The SMILES string of the molecule is COc1cc(C(=O)c2csc(-c3ccccc3)c2)cc(O)c1OC. The Morgan fingerprint density at radius 3 is 2.42 bits per heavy atom. The van der Waals surface area contributed by atoms with Crippen LogP contribution in [-0.4, -0.2) is 25.1 Å². The monoisotopic (exact) mass is 340 g/mol. The number of methoxy groups -OCH3 is 2. The normalized spacial score (nSPS) is 10.4. The van der Waals surface area contributed by atoms with Crippen LogP contribution in [0.15, 0.2) is 53.9 Å². The predicted molar refractivity (Wildman–Crippen MR) is 94.4 cm³/mol. The van der Waals surface area contributed by atoms with E-state index >= 15 is 0 Å². The van der Waals surface area contributed by atoms with Crippen molar-refractivity contribution < 1.29 is 19.4 Å². The number of ketones is 1. The zero-order chi connectivity index (χ0) is 17.1. The minimum Gasteiger partial charge on any atom is -0.504 e. The van der Waals surface area contributed by atoms with E-state index in [1.165, 1.54) is 31.6 Å². The molecule has 0 atom stereocenters. The van der Waals surface area contributed by atoms with Gasteiger partial charge in [0.1, 0.15) is 0 Å². The fraction of sp³-hybridized carbons (Fsp3) is 0.105. The van der Waals surface area contributed by atoms with E-state index in [-0.39, 0.29) is 17.3 Å². The van der Waals surface area contributed by atoms with Crippen molar-refractivity contribution in [2.24, 2.45) is 0 Å². The third-order valence-corrected chi connectivity index (χ3v) is 4.62. The second kappa shape index (κ2) is 6.76. The molecule has 1 N–H and O–H groups in total. The zero-order valence-corrected chi connectivity index (χ0v) is 14.1. The molecule has 0 fully saturated rings. The quantitative estimate of drug-likeness (QED) is 0.701. The lowest BCUT2D eigenvalue weighted by molar-refractivity contribution is 0.103. The molecule has 24 heavy (non-hydrogen) atoms. The number of carbonyl (C=O) groups excluding carboxylic acids is 1. The number of ether oxygens (including phenoxy) is 2. The lowest BCUT2D eigenvalue weighted by atomic mass is 10.0. The lowest BCUT2D eigenvalue weighted by Crippen LogP contribution is -2.01. The molecule has 2 aromatic carbocycles. The maximum absolute atomic E-state index is 12.7. The van der Waals surface area contributed by atoms with Gasteiger partial charge in [0.15, 0.2) is 17.3 Å². The van der Waals surface area contributed by atoms with E-state index < -0.39 is 0 Å². The number of carbonyl (C=O) groups is 1. The number of rotatable bonds is 5. The van der Waals surface area contributed by atoms with Gasteiger partial charge in [0.05, 0.1) is 14.2 Å². The van der Waals surface area contributed by atoms with Gasteiger partial charge in [-0.15, -0.1) is 11.3 Å². The van der Waals surface area contributed by atoms with Crippen molar-refractivity contribution in [3.8, 4) is 27.7 Å². The molecular formula is C19H16O4S. The summed E-state index contributed by atoms with van der Waals surface area (Å²) in [5.41, 5.74) is 1.99. The number of hydrogen-bond donors (Lipinski definition) is 1. The molecule has 3 rings (SSSR count). The van der Waals surface area contributed by atoms with Crippen LogP contribution in [0.25, 0.3) is 10.4 Å². The Kier molecular flexibility index (Phi) is 4.53. The van der Waals surface area contributed by atoms with Crippen LogP contribution in [0.5, 0.6) is 17.2 Å². The molecule has 0 bridgehead atoms. The van der Waals surface area contributed by atoms with E-state index in [0.717, 1.165) is 10.4 Å². The molecule has 122 valence electrons. The highest BCUT2D eigenvalue weighted by Gasteiger charge is 2.18. The third-order valence-electron chi connectivity index (χ3n) is 3.64. The van der Waals surface area contributed by atoms with Crippen molar-refractivity contribution in [3.05, 3.63) is 65.0 Å². The van der Waals surface area contributed by atoms with E-state index in [2.05, 4.69) is 0 Å². The molecule has 0 saturated heterocycles. The van der Waals surface area contributed by atoms with Crippen LogP contribution in [0.1, 0.15) is 15.9 Å². The van der Waals surface area contributed by atoms with Gasteiger partial charge in [-0.05, 0) is 23.8 Å². The lowest BCUT2D eigenvalue weighted by Gasteiger charge is -2.10. The molecule has 0 amide bonds. The van der Waals surface area contributed by atoms with Gasteiger partial charge in [0, 0.05) is 21.4 Å². The van der Waals surface area contributed by atoms with E-state index in [1.807, 2.05) is 41.8 Å². The van der Waals surface area contributed by atoms with Crippen LogP contribution < -0.4 is 9.47 Å². The van der Waals surface area contributed by atoms with Gasteiger partial charge in [-0.2, -0.15) is 0 Å². The standard InChI is InChI=1S/C19H16O4S/c1-22-16-9-13(8-15(20)19(16)23-2)18(21)14-10-17(24-11-14)12-6-4-3-5-7-12/h3-11,20H,1-2H3. The molecule has 1 heterocycles. The Hall–Kier alpha value is -2.79. The number of phenols is 1. The summed E-state index contributed by atoms with van der Waals surface area (Å²) in [5.74, 6) is 0.229. The highest BCUT2D eigenvalue weighted by atomic mass is 32.1. The first kappa shape index (κ1) is 16.1. The number of hydrogen-bond acceptors (Lipinski definition) is 5. The topological polar surface area (TPSA) is 55.8 Å². The molecule has 5 heteroatoms. The van der Waals surface area contributed by atoms with Crippen LogP contribution in [0.2, 0.25) is 0 Å². The Balaban J connectivity index is 1.95. The van der Waals surface area contributed by atoms with Crippen LogP contribution in [0.3, 0.4) is 0 Å². The fourth-order valence-corrected chi connectivity index (χ4v) is 3.35. The van der Waals surface area contributed by atoms with Crippen LogP contribution in [0.4, 0.5) is 0 Å². The van der Waals surface area contributed by atoms with Crippen molar-refractivity contribution in [3.63, 3.8) is 0 Å². The minimum atomic E-state index is -0.176. The molecule has 0 unspecified atom stereocenters. The van der Waals surface area contributed by atoms with Crippen LogP contribution in [0, 0.1) is 0 Å². The molecule has 0 radical (unpaired) electrons. The van der Waals surface area contributed by atoms with Crippen LogP contribution in [-0.2, 0) is 0 Å². The zero-order valence-electron chi connectivity index (χ0n) is 13.3. The minimum absolute atomic E-state index is 0.126. The fourth-order valence-electron chi connectivity index (χ4n) is 2.45. The second-order valence-electron chi connectivity index (χ2n) is 5.13. The summed E-state index contributed by atoms with van der Waals surface area (Å²) in [7, 11) is 2.90. The summed E-state index contributed by atoms with van der Waals surface area (Å²) in [4.78, 5) is 13.7. The summed E-state index contributed by atoms with van der Waals surface area (Å²) < 4.78 is 10.3. The Bertz CT molecular complexity index is 868. The summed E-state index contributed by atoms with van der Waals surface area (Å²) >= 11 is 1.51. The second-order valence-corrected chi connectivity index (χ2v) is 6.04. The summed E-state index contributed by atoms with van der Waals surface area (Å²) in [6.45, 7) is 0. The van der Waals surface area contributed by atoms with E-state index in [4.69, 9.17) is 9.47 Å². The van der Waals surface area contributed by atoms with Gasteiger partial charge in [0.25, 0.3) is 0 Å². The number of aromatic hydroxyl groups is 1. The highest BCUT2D eigenvalue weighted by Crippen LogP contribution is 2.38. The molecule has 0 aliphatic heterocycles. The van der Waals surface area contributed by atoms with Gasteiger partial charge in [-0.1, -0.05) is 30.3 Å². The molecule has 1 aromatic heterocycles. The molecule has 4 nitrogen and oxygen atoms in total. The Morgan fingerprint density at radius 1 is 1.00 bits per heavy atom. The van der Waals surface area contributed by atoms with Crippen molar-refractivity contribution in [2.45, 2.75) is 0 Å². The summed E-state index contributed by atoms with van der Waals surface area (Å²) in [6.07, 6.45) is 0. The predicted octanol–water partition coefficient (Wildman–Crippen LogP) is 4.37. The largest absolute Gasteiger partial charge is 0.504 e. The van der Waals surface area contributed by atoms with E-state index in [1.54, 1.807) is 6.07 Å². The first-order valence-corrected chi connectivity index (χ1v) is 8.15. The molecule has 0 spiro atoms. The first-order valence-electron chi connectivity index (χ1n) is 7.27. The van der Waals surface area contributed by atoms with Gasteiger partial charge >= 0.3 is 0 Å². The van der Waals surface area contributed by atoms with Gasteiger partial charge in [-0.25, -0.2) is 0 Å². The Morgan fingerprint density at radius 2 is 1.75 bits per heavy atom. The van der Waals surface area contributed by atoms with Crippen molar-refractivity contribution in [1.29, 1.82) is 0 Å². The maximum atomic E-state index is 12.7. The van der Waals surface area contributed by atoms with Crippen molar-refractivity contribution in [2.75, 3.05) is 14.2 Å². The third kappa shape index (κ3) is 2.98. The average Bonchev–Trinajstić information content (AvgIpc) is 3.11. The van der Waals surface area contributed by atoms with Gasteiger partial charge in [0.2, 0.25) is 5.75 Å². The smallest absolute Gasteiger partial charge is 0.203 e. The van der Waals surface area contributed by atoms with E-state index in [9.17, 15) is 9.90 Å². The highest BCUT2D eigenvalue weighted by molar-refractivity contribution is 7.13. The maximum Gasteiger partial charge on any atom is 0.203 e. The summed E-state index contributed by atoms with van der Waals surface area (Å²) in [6, 6.07) is 14.7. The molecule has 3 aromatic rings. The van der Waals surface area contributed by atoms with Gasteiger partial charge in [-0.3, -0.25) is 4.79 Å². The number of thiophene rings is 1. The van der Waals surface area contributed by atoms with Crippen molar-refractivity contribution in [1.82, 2.24) is 0 Å². The Labute approximate surface area is 143 Å². The molecule has 0 aliphatic rings. The van der Waals surface area contributed by atoms with E-state index in [0.29, 0.717) is 16.9 Å².